The fourth-order valence-electron chi connectivity index (χ4n) is 3.37. The first kappa shape index (κ1) is 31.1. The smallest absolute Gasteiger partial charge is 0.324 e. The van der Waals surface area contributed by atoms with E-state index in [2.05, 4.69) is 12.2 Å². The molecule has 7 heteroatoms. The highest BCUT2D eigenvalue weighted by Gasteiger charge is 2.06. The maximum atomic E-state index is 9.01. The van der Waals surface area contributed by atoms with Gasteiger partial charge in [-0.3, -0.25) is 0 Å². The SMILES string of the molecule is NCCCCCCCCC=CCCCCCCCC(CCO)CCO.OP(O)O. The number of hydrogen-bond acceptors (Lipinski definition) is 6. The molecule has 0 amide bonds. The van der Waals surface area contributed by atoms with E-state index in [1.165, 1.54) is 83.5 Å². The van der Waals surface area contributed by atoms with Crippen LogP contribution in [0.1, 0.15) is 103 Å². The molecule has 0 unspecified atom stereocenters. The molecule has 0 atom stereocenters. The van der Waals surface area contributed by atoms with Crippen molar-refractivity contribution in [3.05, 3.63) is 12.2 Å². The third-order valence-electron chi connectivity index (χ3n) is 5.05. The molecule has 0 aromatic rings. The van der Waals surface area contributed by atoms with Crippen molar-refractivity contribution in [1.82, 2.24) is 0 Å². The molecule has 29 heavy (non-hydrogen) atoms. The Morgan fingerprint density at radius 2 is 0.966 bits per heavy atom. The fraction of sp³-hybridized carbons (Fsp3) is 0.909. The zero-order valence-electron chi connectivity index (χ0n) is 18.4. The molecule has 0 aromatic carbocycles. The molecule has 7 N–H and O–H groups in total. The maximum absolute atomic E-state index is 9.01. The predicted octanol–water partition coefficient (Wildman–Crippen LogP) is 4.53. The van der Waals surface area contributed by atoms with E-state index in [9.17, 15) is 0 Å². The molecule has 0 aliphatic rings. The van der Waals surface area contributed by atoms with Gasteiger partial charge in [0.1, 0.15) is 0 Å². The van der Waals surface area contributed by atoms with Crippen molar-refractivity contribution in [2.45, 2.75) is 103 Å². The first-order valence-electron chi connectivity index (χ1n) is 11.5. The van der Waals surface area contributed by atoms with Crippen LogP contribution in [0, 0.1) is 5.92 Å². The predicted molar refractivity (Wildman–Crippen MR) is 123 cm³/mol. The van der Waals surface area contributed by atoms with Gasteiger partial charge in [0.25, 0.3) is 0 Å². The number of unbranched alkanes of at least 4 members (excludes halogenated alkanes) is 11. The lowest BCUT2D eigenvalue weighted by Crippen LogP contribution is -2.05. The number of hydrogen-bond donors (Lipinski definition) is 6. The van der Waals surface area contributed by atoms with Crippen LogP contribution in [0.25, 0.3) is 0 Å². The summed E-state index contributed by atoms with van der Waals surface area (Å²) in [4.78, 5) is 21.7. The van der Waals surface area contributed by atoms with Crippen LogP contribution in [-0.2, 0) is 0 Å². The molecule has 176 valence electrons. The molecule has 0 radical (unpaired) electrons. The van der Waals surface area contributed by atoms with Crippen molar-refractivity contribution in [1.29, 1.82) is 0 Å². The first-order valence-corrected chi connectivity index (χ1v) is 12.7. The average molecular weight is 438 g/mol. The highest BCUT2D eigenvalue weighted by molar-refractivity contribution is 7.38. The van der Waals surface area contributed by atoms with Gasteiger partial charge >= 0.3 is 8.60 Å². The first-order chi connectivity index (χ1) is 14.1. The quantitative estimate of drug-likeness (QED) is 0.0943. The molecule has 0 aliphatic carbocycles. The van der Waals surface area contributed by atoms with Crippen molar-refractivity contribution in [2.75, 3.05) is 19.8 Å². The average Bonchev–Trinajstić information content (AvgIpc) is 2.67. The number of rotatable bonds is 20. The van der Waals surface area contributed by atoms with Gasteiger partial charge in [-0.05, 0) is 57.4 Å². The van der Waals surface area contributed by atoms with E-state index in [4.69, 9.17) is 30.6 Å². The molecule has 0 aromatic heterocycles. The van der Waals surface area contributed by atoms with E-state index in [1.807, 2.05) is 0 Å². The topological polar surface area (TPSA) is 127 Å². The summed E-state index contributed by atoms with van der Waals surface area (Å²) in [6.45, 7) is 1.35. The van der Waals surface area contributed by atoms with Crippen LogP contribution < -0.4 is 5.73 Å². The minimum Gasteiger partial charge on any atom is -0.396 e. The summed E-state index contributed by atoms with van der Waals surface area (Å²) >= 11 is 0. The highest BCUT2D eigenvalue weighted by atomic mass is 31.2. The Hall–Kier alpha value is -0.0700. The third-order valence-corrected chi connectivity index (χ3v) is 5.05. The molecule has 0 rings (SSSR count). The standard InChI is InChI=1S/C22H45NO2.H3O3P/c23-19-15-13-11-9-7-5-3-1-2-4-6-8-10-12-14-16-22(17-20-24)18-21-25;1-4(2)3/h1-2,22,24-25H,3-21,23H2;1-3H. The van der Waals surface area contributed by atoms with E-state index in [-0.39, 0.29) is 13.2 Å². The molecule has 0 spiro atoms. The Balaban J connectivity index is 0. The van der Waals surface area contributed by atoms with Gasteiger partial charge in [-0.25, -0.2) is 0 Å². The van der Waals surface area contributed by atoms with Crippen molar-refractivity contribution >= 4 is 8.60 Å². The second kappa shape index (κ2) is 27.9. The van der Waals surface area contributed by atoms with E-state index in [0.29, 0.717) is 5.92 Å². The van der Waals surface area contributed by atoms with Crippen molar-refractivity contribution in [3.63, 3.8) is 0 Å². The van der Waals surface area contributed by atoms with Crippen LogP contribution in [0.5, 0.6) is 0 Å². The summed E-state index contributed by atoms with van der Waals surface area (Å²) in [6.07, 6.45) is 24.5. The highest BCUT2D eigenvalue weighted by Crippen LogP contribution is 2.18. The third kappa shape index (κ3) is 32.8. The zero-order chi connectivity index (χ0) is 22.0. The summed E-state index contributed by atoms with van der Waals surface area (Å²) in [5, 5.41) is 18.0. The summed E-state index contributed by atoms with van der Waals surface area (Å²) in [5.74, 6) is 0.513. The maximum Gasteiger partial charge on any atom is 0.324 e. The normalized spacial score (nSPS) is 11.4. The van der Waals surface area contributed by atoms with Crippen LogP contribution >= 0.6 is 8.60 Å². The summed E-state index contributed by atoms with van der Waals surface area (Å²) < 4.78 is 0. The van der Waals surface area contributed by atoms with Gasteiger partial charge in [-0.15, -0.1) is 0 Å². The van der Waals surface area contributed by atoms with Crippen LogP contribution in [0.3, 0.4) is 0 Å². The van der Waals surface area contributed by atoms with E-state index in [0.717, 1.165) is 25.8 Å². The number of aliphatic hydroxyl groups excluding tert-OH is 2. The summed E-state index contributed by atoms with van der Waals surface area (Å²) in [7, 11) is -2.62. The molecule has 0 aliphatic heterocycles. The van der Waals surface area contributed by atoms with Crippen LogP contribution in [0.2, 0.25) is 0 Å². The van der Waals surface area contributed by atoms with Crippen LogP contribution in [0.4, 0.5) is 0 Å². The number of aliphatic hydroxyl groups is 2. The Bertz CT molecular complexity index is 311. The van der Waals surface area contributed by atoms with Crippen LogP contribution in [-0.4, -0.2) is 44.7 Å². The Morgan fingerprint density at radius 3 is 1.38 bits per heavy atom. The van der Waals surface area contributed by atoms with Gasteiger partial charge in [-0.2, -0.15) is 0 Å². The second-order valence-corrected chi connectivity index (χ2v) is 8.21. The minimum atomic E-state index is -2.62. The van der Waals surface area contributed by atoms with Gasteiger partial charge in [-0.1, -0.05) is 69.9 Å². The lowest BCUT2D eigenvalue weighted by molar-refractivity contribution is 0.207. The fourth-order valence-corrected chi connectivity index (χ4v) is 3.37. The lowest BCUT2D eigenvalue weighted by Gasteiger charge is -2.13. The Kier molecular flexibility index (Phi) is 30.0. The molecule has 0 bridgehead atoms. The van der Waals surface area contributed by atoms with Gasteiger partial charge in [0.05, 0.1) is 0 Å². The molecular formula is C22H48NO5P. The van der Waals surface area contributed by atoms with Gasteiger partial charge in [0, 0.05) is 13.2 Å². The molecule has 0 fully saturated rings. The second-order valence-electron chi connectivity index (χ2n) is 7.67. The molecule has 6 nitrogen and oxygen atoms in total. The van der Waals surface area contributed by atoms with E-state index < -0.39 is 8.60 Å². The molecule has 0 saturated carbocycles. The van der Waals surface area contributed by atoms with E-state index in [1.54, 1.807) is 0 Å². The van der Waals surface area contributed by atoms with Gasteiger partial charge < -0.3 is 30.6 Å². The van der Waals surface area contributed by atoms with Crippen LogP contribution in [0.15, 0.2) is 12.2 Å². The lowest BCUT2D eigenvalue weighted by atomic mass is 9.95. The van der Waals surface area contributed by atoms with Gasteiger partial charge in [0.15, 0.2) is 0 Å². The zero-order valence-corrected chi connectivity index (χ0v) is 19.3. The molecule has 0 saturated heterocycles. The van der Waals surface area contributed by atoms with E-state index >= 15 is 0 Å². The Morgan fingerprint density at radius 1 is 0.586 bits per heavy atom. The molecular weight excluding hydrogens is 389 g/mol. The largest absolute Gasteiger partial charge is 0.396 e. The number of nitrogens with two attached hydrogens (primary N) is 1. The summed E-state index contributed by atoms with van der Waals surface area (Å²) in [5.41, 5.74) is 5.49. The molecule has 0 heterocycles. The monoisotopic (exact) mass is 437 g/mol. The van der Waals surface area contributed by atoms with Crippen molar-refractivity contribution < 1.29 is 24.9 Å². The Labute approximate surface area is 180 Å². The van der Waals surface area contributed by atoms with Crippen molar-refractivity contribution in [3.8, 4) is 0 Å². The summed E-state index contributed by atoms with van der Waals surface area (Å²) in [6, 6.07) is 0. The van der Waals surface area contributed by atoms with Crippen molar-refractivity contribution in [2.24, 2.45) is 11.7 Å². The number of allylic oxidation sites excluding steroid dienone is 2. The minimum absolute atomic E-state index is 0.255. The van der Waals surface area contributed by atoms with Gasteiger partial charge in [0.2, 0.25) is 0 Å².